The zero-order valence-corrected chi connectivity index (χ0v) is 11.5. The summed E-state index contributed by atoms with van der Waals surface area (Å²) in [7, 11) is 0. The summed E-state index contributed by atoms with van der Waals surface area (Å²) in [6.45, 7) is 1.58. The first kappa shape index (κ1) is 14.7. The number of benzene rings is 2. The van der Waals surface area contributed by atoms with Crippen LogP contribution in [0.25, 0.3) is 0 Å². The molecule has 0 heterocycles. The molecule has 0 aliphatic heterocycles. The van der Waals surface area contributed by atoms with Gasteiger partial charge in [0.05, 0.1) is 13.2 Å². The van der Waals surface area contributed by atoms with Crippen LogP contribution in [-0.4, -0.2) is 23.4 Å². The Morgan fingerprint density at radius 1 is 1.00 bits per heavy atom. The average Bonchev–Trinajstić information content (AvgIpc) is 2.45. The van der Waals surface area contributed by atoms with E-state index in [4.69, 9.17) is 0 Å². The number of halogens is 1. The Kier molecular flexibility index (Phi) is 4.53. The molecule has 0 aliphatic rings. The Bertz CT molecular complexity index is 577. The molecule has 0 atom stereocenters. The molecular weight excluding hydrogens is 255 g/mol. The van der Waals surface area contributed by atoms with E-state index in [-0.39, 0.29) is 19.0 Å². The number of aliphatic hydroxyl groups is 2. The summed E-state index contributed by atoms with van der Waals surface area (Å²) < 4.78 is 13.3. The van der Waals surface area contributed by atoms with Gasteiger partial charge in [0.25, 0.3) is 0 Å². The molecule has 2 aromatic carbocycles. The second-order valence-corrected chi connectivity index (χ2v) is 5.27. The van der Waals surface area contributed by atoms with E-state index in [1.807, 2.05) is 31.2 Å². The maximum absolute atomic E-state index is 13.3. The highest BCUT2D eigenvalue weighted by Crippen LogP contribution is 2.29. The van der Waals surface area contributed by atoms with Crippen LogP contribution in [0.5, 0.6) is 0 Å². The first-order chi connectivity index (χ1) is 9.59. The van der Waals surface area contributed by atoms with Gasteiger partial charge >= 0.3 is 0 Å². The fourth-order valence-corrected chi connectivity index (χ4v) is 2.46. The molecule has 2 nitrogen and oxygen atoms in total. The number of hydrogen-bond acceptors (Lipinski definition) is 2. The van der Waals surface area contributed by atoms with Gasteiger partial charge in [-0.25, -0.2) is 4.39 Å². The highest BCUT2D eigenvalue weighted by atomic mass is 19.1. The quantitative estimate of drug-likeness (QED) is 0.880. The van der Waals surface area contributed by atoms with Crippen LogP contribution >= 0.6 is 0 Å². The molecule has 106 valence electrons. The maximum Gasteiger partial charge on any atom is 0.123 e. The van der Waals surface area contributed by atoms with Crippen molar-refractivity contribution >= 4 is 0 Å². The van der Waals surface area contributed by atoms with E-state index in [0.29, 0.717) is 6.42 Å². The number of aliphatic hydroxyl groups excluding tert-OH is 2. The van der Waals surface area contributed by atoms with Crippen molar-refractivity contribution in [1.82, 2.24) is 0 Å². The van der Waals surface area contributed by atoms with Crippen molar-refractivity contribution in [2.75, 3.05) is 13.2 Å². The Morgan fingerprint density at radius 3 is 2.30 bits per heavy atom. The van der Waals surface area contributed by atoms with Crippen LogP contribution in [0, 0.1) is 12.7 Å². The Hall–Kier alpha value is -1.71. The maximum atomic E-state index is 13.3. The van der Waals surface area contributed by atoms with Gasteiger partial charge in [-0.05, 0) is 36.6 Å². The van der Waals surface area contributed by atoms with Crippen LogP contribution in [0.15, 0.2) is 48.5 Å². The lowest BCUT2D eigenvalue weighted by molar-refractivity contribution is 0.116. The van der Waals surface area contributed by atoms with Crippen molar-refractivity contribution < 1.29 is 14.6 Å². The first-order valence-electron chi connectivity index (χ1n) is 6.63. The van der Waals surface area contributed by atoms with Crippen molar-refractivity contribution in [2.24, 2.45) is 0 Å². The van der Waals surface area contributed by atoms with E-state index < -0.39 is 5.41 Å². The zero-order chi connectivity index (χ0) is 14.6. The molecule has 20 heavy (non-hydrogen) atoms. The lowest BCUT2D eigenvalue weighted by Gasteiger charge is -2.31. The van der Waals surface area contributed by atoms with Crippen LogP contribution in [0.2, 0.25) is 0 Å². The second kappa shape index (κ2) is 6.16. The average molecular weight is 274 g/mol. The number of hydrogen-bond donors (Lipinski definition) is 2. The molecule has 3 heteroatoms. The van der Waals surface area contributed by atoms with E-state index >= 15 is 0 Å². The van der Waals surface area contributed by atoms with E-state index in [1.165, 1.54) is 12.1 Å². The van der Waals surface area contributed by atoms with Gasteiger partial charge in [-0.3, -0.25) is 0 Å². The van der Waals surface area contributed by atoms with Crippen LogP contribution in [0.1, 0.15) is 16.7 Å². The summed E-state index contributed by atoms with van der Waals surface area (Å²) in [5, 5.41) is 19.6. The number of rotatable bonds is 5. The molecular formula is C17H19FO2. The van der Waals surface area contributed by atoms with Crippen LogP contribution in [0.3, 0.4) is 0 Å². The largest absolute Gasteiger partial charge is 0.395 e. The van der Waals surface area contributed by atoms with Gasteiger partial charge in [0, 0.05) is 5.41 Å². The minimum absolute atomic E-state index is 0.191. The van der Waals surface area contributed by atoms with E-state index in [1.54, 1.807) is 12.1 Å². The van der Waals surface area contributed by atoms with Crippen molar-refractivity contribution in [3.8, 4) is 0 Å². The third kappa shape index (κ3) is 3.06. The van der Waals surface area contributed by atoms with Gasteiger partial charge in [-0.2, -0.15) is 0 Å². The van der Waals surface area contributed by atoms with Gasteiger partial charge in [0.1, 0.15) is 5.82 Å². The van der Waals surface area contributed by atoms with Crippen molar-refractivity contribution in [3.05, 3.63) is 71.0 Å². The summed E-state index contributed by atoms with van der Waals surface area (Å²) >= 11 is 0. The molecule has 0 saturated heterocycles. The minimum atomic E-state index is -0.792. The molecule has 2 rings (SSSR count). The van der Waals surface area contributed by atoms with Gasteiger partial charge < -0.3 is 10.2 Å². The summed E-state index contributed by atoms with van der Waals surface area (Å²) in [5.41, 5.74) is 1.90. The van der Waals surface area contributed by atoms with E-state index in [2.05, 4.69) is 0 Å². The fourth-order valence-electron chi connectivity index (χ4n) is 2.46. The molecule has 0 amide bonds. The summed E-state index contributed by atoms with van der Waals surface area (Å²) in [4.78, 5) is 0. The standard InChI is InChI=1S/C17H19FO2/c1-13-4-2-6-15(8-13)17(11-19,12-20)10-14-5-3-7-16(18)9-14/h2-9,19-20H,10-12H2,1H3. The summed E-state index contributed by atoms with van der Waals surface area (Å²) in [5.74, 6) is -0.309. The predicted octanol–water partition coefficient (Wildman–Crippen LogP) is 2.60. The van der Waals surface area contributed by atoms with E-state index in [0.717, 1.165) is 16.7 Å². The fraction of sp³-hybridized carbons (Fsp3) is 0.294. The molecule has 0 aromatic heterocycles. The first-order valence-corrected chi connectivity index (χ1v) is 6.63. The molecule has 0 unspecified atom stereocenters. The minimum Gasteiger partial charge on any atom is -0.395 e. The van der Waals surface area contributed by atoms with Gasteiger partial charge in [0.15, 0.2) is 0 Å². The Morgan fingerprint density at radius 2 is 1.70 bits per heavy atom. The normalized spacial score (nSPS) is 11.6. The predicted molar refractivity (Wildman–Crippen MR) is 77.1 cm³/mol. The van der Waals surface area contributed by atoms with Crippen LogP contribution < -0.4 is 0 Å². The molecule has 0 spiro atoms. The highest BCUT2D eigenvalue weighted by molar-refractivity contribution is 5.33. The zero-order valence-electron chi connectivity index (χ0n) is 11.5. The second-order valence-electron chi connectivity index (χ2n) is 5.27. The SMILES string of the molecule is Cc1cccc(C(CO)(CO)Cc2cccc(F)c2)c1. The third-order valence-electron chi connectivity index (χ3n) is 3.67. The topological polar surface area (TPSA) is 40.5 Å². The lowest BCUT2D eigenvalue weighted by Crippen LogP contribution is -2.37. The summed E-state index contributed by atoms with van der Waals surface area (Å²) in [6, 6.07) is 14.0. The third-order valence-corrected chi connectivity index (χ3v) is 3.67. The lowest BCUT2D eigenvalue weighted by atomic mass is 9.76. The van der Waals surface area contributed by atoms with Crippen LogP contribution in [0.4, 0.5) is 4.39 Å². The number of aryl methyl sites for hydroxylation is 1. The molecule has 0 bridgehead atoms. The van der Waals surface area contributed by atoms with Gasteiger partial charge in [-0.1, -0.05) is 42.0 Å². The summed E-state index contributed by atoms with van der Waals surface area (Å²) in [6.07, 6.45) is 0.390. The molecule has 2 aromatic rings. The molecule has 0 radical (unpaired) electrons. The molecule has 0 aliphatic carbocycles. The van der Waals surface area contributed by atoms with Gasteiger partial charge in [0.2, 0.25) is 0 Å². The smallest absolute Gasteiger partial charge is 0.123 e. The van der Waals surface area contributed by atoms with E-state index in [9.17, 15) is 14.6 Å². The van der Waals surface area contributed by atoms with Crippen molar-refractivity contribution in [1.29, 1.82) is 0 Å². The Labute approximate surface area is 118 Å². The van der Waals surface area contributed by atoms with Crippen LogP contribution in [-0.2, 0) is 11.8 Å². The van der Waals surface area contributed by atoms with Gasteiger partial charge in [-0.15, -0.1) is 0 Å². The van der Waals surface area contributed by atoms with Crippen molar-refractivity contribution in [2.45, 2.75) is 18.8 Å². The monoisotopic (exact) mass is 274 g/mol. The highest BCUT2D eigenvalue weighted by Gasteiger charge is 2.31. The van der Waals surface area contributed by atoms with Crippen molar-refractivity contribution in [3.63, 3.8) is 0 Å². The molecule has 0 fully saturated rings. The Balaban J connectivity index is 2.39. The molecule has 2 N–H and O–H groups in total. The molecule has 0 saturated carbocycles.